The van der Waals surface area contributed by atoms with Crippen LogP contribution in [0.2, 0.25) is 0 Å². The lowest BCUT2D eigenvalue weighted by Crippen LogP contribution is -2.42. The highest BCUT2D eigenvalue weighted by Crippen LogP contribution is 2.27. The Morgan fingerprint density at radius 1 is 1.07 bits per heavy atom. The molecule has 16 heteroatoms. The van der Waals surface area contributed by atoms with Crippen LogP contribution >= 0.6 is 31.9 Å². The maximum Gasteiger partial charge on any atom is 0.270 e. The Morgan fingerprint density at radius 2 is 1.72 bits per heavy atom. The molecule has 246 valence electrons. The van der Waals surface area contributed by atoms with Crippen molar-refractivity contribution in [3.8, 4) is 5.75 Å². The van der Waals surface area contributed by atoms with Gasteiger partial charge in [0.15, 0.2) is 5.82 Å². The average molecular weight is 763 g/mol. The highest BCUT2D eigenvalue weighted by atomic mass is 79.9. The number of halogens is 2. The van der Waals surface area contributed by atoms with Crippen LogP contribution in [0.15, 0.2) is 43.2 Å². The van der Waals surface area contributed by atoms with E-state index in [0.717, 1.165) is 28.9 Å². The number of likely N-dealkylation sites (tertiary alicyclic amines) is 1. The number of nitrogens with zero attached hydrogens (tertiary/aromatic N) is 5. The fourth-order valence-electron chi connectivity index (χ4n) is 5.37. The number of aromatic amines is 1. The third-order valence-electron chi connectivity index (χ3n) is 7.65. The third kappa shape index (κ3) is 7.50. The molecule has 0 unspecified atom stereocenters. The number of fused-ring (bicyclic) bond motifs is 2. The van der Waals surface area contributed by atoms with Crippen LogP contribution < -0.4 is 32.6 Å². The van der Waals surface area contributed by atoms with Gasteiger partial charge in [-0.25, -0.2) is 9.50 Å². The van der Waals surface area contributed by atoms with Gasteiger partial charge in [0.2, 0.25) is 0 Å². The Balaban J connectivity index is 0.000000161. The van der Waals surface area contributed by atoms with E-state index in [2.05, 4.69) is 57.1 Å². The molecule has 14 nitrogen and oxygen atoms in total. The van der Waals surface area contributed by atoms with E-state index in [1.807, 2.05) is 20.0 Å². The smallest absolute Gasteiger partial charge is 0.270 e. The fourth-order valence-corrected chi connectivity index (χ4v) is 6.33. The summed E-state index contributed by atoms with van der Waals surface area (Å²) >= 11 is 6.23. The van der Waals surface area contributed by atoms with E-state index in [-0.39, 0.29) is 22.7 Å². The van der Waals surface area contributed by atoms with E-state index in [9.17, 15) is 19.2 Å². The molecular weight excluding hydrogens is 726 g/mol. The first-order chi connectivity index (χ1) is 21.6. The molecule has 4 aromatic rings. The molecule has 2 aliphatic rings. The molecule has 1 fully saturated rings. The number of carbonyl (C=O) groups excluding carboxylic acids is 2. The number of amides is 2. The molecule has 0 atom stereocenters. The second-order valence-corrected chi connectivity index (χ2v) is 13.2. The minimum absolute atomic E-state index is 0.156. The van der Waals surface area contributed by atoms with Gasteiger partial charge in [0.05, 0.1) is 15.1 Å². The van der Waals surface area contributed by atoms with Crippen molar-refractivity contribution in [2.24, 2.45) is 5.73 Å². The monoisotopic (exact) mass is 761 g/mol. The number of ether oxygens (including phenoxy) is 1. The van der Waals surface area contributed by atoms with E-state index in [1.165, 1.54) is 36.8 Å². The van der Waals surface area contributed by atoms with Gasteiger partial charge in [0, 0.05) is 12.1 Å². The molecule has 2 aliphatic heterocycles. The number of rotatable bonds is 5. The van der Waals surface area contributed by atoms with Crippen molar-refractivity contribution in [3.63, 3.8) is 0 Å². The fraction of sp³-hybridized carbons (Fsp3) is 0.400. The topological polar surface area (TPSA) is 196 Å². The summed E-state index contributed by atoms with van der Waals surface area (Å²) in [7, 11) is 0. The largest absolute Gasteiger partial charge is 0.490 e. The normalized spacial score (nSPS) is 15.0. The average Bonchev–Trinajstić information content (AvgIpc) is 3.67. The maximum atomic E-state index is 11.9. The van der Waals surface area contributed by atoms with Crippen LogP contribution in [0, 0.1) is 20.8 Å². The number of anilines is 1. The van der Waals surface area contributed by atoms with Gasteiger partial charge in [-0.3, -0.25) is 28.6 Å². The number of primary amides is 1. The molecule has 0 spiro atoms. The Kier molecular flexibility index (Phi) is 10.7. The molecule has 0 bridgehead atoms. The standard InChI is InChI=1S/C13H19N5O.C10H11BrN2O2.C7H7BrN2O2/c1-10-11(19-7-6-17-4-2-3-5-17)8-18-12(10)13(14)15-9-16-18;1-5-4-6(11)9(15)13-7(5)8(14)12-10(13,2)3;1-3-2-4(8)7(12)10-5(3)6(9)11/h8-9H,2-7H2,1H3,(H2,14,15,16);4H,1-3H3,(H,12,14);2H,1H3,(H2,9,11)(H,10,12). The van der Waals surface area contributed by atoms with Crippen molar-refractivity contribution in [2.75, 3.05) is 32.0 Å². The summed E-state index contributed by atoms with van der Waals surface area (Å²) < 4.78 is 9.95. The van der Waals surface area contributed by atoms with Crippen molar-refractivity contribution >= 4 is 55.0 Å². The second kappa shape index (κ2) is 14.2. The summed E-state index contributed by atoms with van der Waals surface area (Å²) in [5.74, 6) is 0.507. The van der Waals surface area contributed by atoms with Gasteiger partial charge in [-0.05, 0) is 116 Å². The quantitative estimate of drug-likeness (QED) is 0.236. The van der Waals surface area contributed by atoms with Gasteiger partial charge in [-0.15, -0.1) is 0 Å². The molecule has 2 amide bonds. The van der Waals surface area contributed by atoms with Crippen molar-refractivity contribution in [3.05, 3.63) is 82.4 Å². The lowest BCUT2D eigenvalue weighted by Gasteiger charge is -2.21. The summed E-state index contributed by atoms with van der Waals surface area (Å²) in [6, 6.07) is 3.23. The van der Waals surface area contributed by atoms with E-state index in [4.69, 9.17) is 16.2 Å². The molecule has 0 aliphatic carbocycles. The molecule has 0 radical (unpaired) electrons. The molecule has 1 saturated heterocycles. The summed E-state index contributed by atoms with van der Waals surface area (Å²) in [5.41, 5.74) is 13.6. The van der Waals surface area contributed by atoms with Crippen LogP contribution in [0.25, 0.3) is 5.52 Å². The minimum Gasteiger partial charge on any atom is -0.490 e. The molecule has 46 heavy (non-hydrogen) atoms. The Hall–Kier alpha value is -4.02. The molecule has 0 aromatic carbocycles. The number of nitrogens with two attached hydrogens (primary N) is 2. The second-order valence-electron chi connectivity index (χ2n) is 11.5. The van der Waals surface area contributed by atoms with E-state index < -0.39 is 11.6 Å². The Labute approximate surface area is 281 Å². The minimum atomic E-state index is -0.655. The number of aryl methyl sites for hydroxylation is 3. The van der Waals surface area contributed by atoms with Crippen LogP contribution in [0.4, 0.5) is 5.82 Å². The number of hydrogen-bond donors (Lipinski definition) is 4. The van der Waals surface area contributed by atoms with Gasteiger partial charge < -0.3 is 26.5 Å². The number of nitrogens with one attached hydrogen (secondary N) is 2. The molecule has 4 aromatic heterocycles. The molecule has 6 N–H and O–H groups in total. The van der Waals surface area contributed by atoms with Crippen LogP contribution in [-0.4, -0.2) is 67.1 Å². The van der Waals surface area contributed by atoms with E-state index >= 15 is 0 Å². The van der Waals surface area contributed by atoms with Crippen molar-refractivity contribution < 1.29 is 14.3 Å². The number of H-pyrrole nitrogens is 1. The number of carbonyl (C=O) groups is 2. The summed E-state index contributed by atoms with van der Waals surface area (Å²) in [4.78, 5) is 54.1. The van der Waals surface area contributed by atoms with Crippen LogP contribution in [-0.2, 0) is 5.66 Å². The first kappa shape index (κ1) is 34.8. The number of nitrogen functional groups attached to an aromatic ring is 1. The Bertz CT molecular complexity index is 1910. The zero-order valence-corrected chi connectivity index (χ0v) is 29.4. The SMILES string of the molecule is Cc1c(OCCN2CCCC2)cn2ncnc(N)c12.Cc1cc(Br)c(=O)[nH]c1C(N)=O.Cc1cc(Br)c(=O)n2c1C(=O)NC2(C)C. The first-order valence-electron chi connectivity index (χ1n) is 14.5. The summed E-state index contributed by atoms with van der Waals surface area (Å²) in [6.07, 6.45) is 5.94. The Morgan fingerprint density at radius 3 is 2.35 bits per heavy atom. The van der Waals surface area contributed by atoms with E-state index in [0.29, 0.717) is 32.6 Å². The van der Waals surface area contributed by atoms with Crippen molar-refractivity contribution in [2.45, 2.75) is 53.1 Å². The summed E-state index contributed by atoms with van der Waals surface area (Å²) in [5, 5.41) is 6.91. The van der Waals surface area contributed by atoms with Crippen LogP contribution in [0.1, 0.15) is 64.4 Å². The van der Waals surface area contributed by atoms with Crippen molar-refractivity contribution in [1.29, 1.82) is 0 Å². The van der Waals surface area contributed by atoms with Gasteiger partial charge in [0.25, 0.3) is 22.9 Å². The number of pyridine rings is 2. The lowest BCUT2D eigenvalue weighted by molar-refractivity contribution is 0.0933. The number of hydrogen-bond acceptors (Lipinski definition) is 9. The van der Waals surface area contributed by atoms with Crippen LogP contribution in [0.3, 0.4) is 0 Å². The van der Waals surface area contributed by atoms with E-state index in [1.54, 1.807) is 37.4 Å². The summed E-state index contributed by atoms with van der Waals surface area (Å²) in [6.45, 7) is 13.2. The number of aromatic nitrogens is 5. The molecular formula is C30H37Br2N9O5. The maximum absolute atomic E-state index is 11.9. The molecule has 6 heterocycles. The first-order valence-corrected chi connectivity index (χ1v) is 16.1. The highest BCUT2D eigenvalue weighted by molar-refractivity contribution is 9.10. The van der Waals surface area contributed by atoms with Crippen LogP contribution in [0.5, 0.6) is 5.75 Å². The predicted molar refractivity (Wildman–Crippen MR) is 181 cm³/mol. The predicted octanol–water partition coefficient (Wildman–Crippen LogP) is 2.99. The van der Waals surface area contributed by atoms with Gasteiger partial charge in [0.1, 0.15) is 41.3 Å². The van der Waals surface area contributed by atoms with Gasteiger partial charge in [-0.1, -0.05) is 0 Å². The zero-order valence-electron chi connectivity index (χ0n) is 26.2. The van der Waals surface area contributed by atoms with Crippen molar-refractivity contribution in [1.82, 2.24) is 34.4 Å². The zero-order chi connectivity index (χ0) is 33.9. The third-order valence-corrected chi connectivity index (χ3v) is 8.81. The lowest BCUT2D eigenvalue weighted by atomic mass is 10.2. The van der Waals surface area contributed by atoms with Gasteiger partial charge in [-0.2, -0.15) is 5.10 Å². The van der Waals surface area contributed by atoms with Gasteiger partial charge >= 0.3 is 0 Å². The highest BCUT2D eigenvalue weighted by Gasteiger charge is 2.37. The molecule has 0 saturated carbocycles. The molecule has 6 rings (SSSR count).